The van der Waals surface area contributed by atoms with Crippen LogP contribution in [-0.2, 0) is 0 Å². The third-order valence-electron chi connectivity index (χ3n) is 2.40. The topological polar surface area (TPSA) is 69.6 Å². The second-order valence-corrected chi connectivity index (χ2v) is 4.19. The van der Waals surface area contributed by atoms with Crippen LogP contribution in [0.1, 0.15) is 10.4 Å². The fourth-order valence-electron chi connectivity index (χ4n) is 1.48. The number of hydrogen-bond donors (Lipinski definition) is 3. The highest BCUT2D eigenvalue weighted by Crippen LogP contribution is 2.26. The summed E-state index contributed by atoms with van der Waals surface area (Å²) in [7, 11) is 0. The Morgan fingerprint density at radius 2 is 1.89 bits per heavy atom. The maximum Gasteiger partial charge on any atom is 0.258 e. The highest BCUT2D eigenvalue weighted by Gasteiger charge is 2.13. The van der Waals surface area contributed by atoms with Crippen LogP contribution in [-0.4, -0.2) is 16.1 Å². The van der Waals surface area contributed by atoms with Crippen molar-refractivity contribution in [3.8, 4) is 11.5 Å². The Bertz CT molecular complexity index is 646. The van der Waals surface area contributed by atoms with E-state index < -0.39 is 11.7 Å². The molecular weight excluding hydrogens is 273 g/mol. The number of rotatable bonds is 2. The summed E-state index contributed by atoms with van der Waals surface area (Å²) in [6.07, 6.45) is 0. The molecule has 0 saturated heterocycles. The van der Waals surface area contributed by atoms with E-state index in [1.54, 1.807) is 0 Å². The van der Waals surface area contributed by atoms with E-state index in [1.807, 2.05) is 0 Å². The van der Waals surface area contributed by atoms with Gasteiger partial charge in [0.05, 0.1) is 10.6 Å². The second kappa shape index (κ2) is 5.16. The van der Waals surface area contributed by atoms with E-state index >= 15 is 0 Å². The molecule has 6 heteroatoms. The number of phenols is 2. The Labute approximate surface area is 113 Å². The van der Waals surface area contributed by atoms with Crippen LogP contribution in [0.5, 0.6) is 11.5 Å². The van der Waals surface area contributed by atoms with E-state index in [4.69, 9.17) is 16.7 Å². The molecule has 2 aromatic carbocycles. The van der Waals surface area contributed by atoms with Gasteiger partial charge in [0.15, 0.2) is 0 Å². The third kappa shape index (κ3) is 2.95. The number of hydrogen-bond acceptors (Lipinski definition) is 3. The lowest BCUT2D eigenvalue weighted by Crippen LogP contribution is -2.13. The second-order valence-electron chi connectivity index (χ2n) is 3.78. The molecule has 0 radical (unpaired) electrons. The monoisotopic (exact) mass is 281 g/mol. The highest BCUT2D eigenvalue weighted by atomic mass is 35.5. The summed E-state index contributed by atoms with van der Waals surface area (Å²) in [6, 6.07) is 7.33. The van der Waals surface area contributed by atoms with Crippen LogP contribution in [0.25, 0.3) is 0 Å². The molecule has 0 aliphatic carbocycles. The molecule has 98 valence electrons. The van der Waals surface area contributed by atoms with Gasteiger partial charge in [-0.2, -0.15) is 0 Å². The fraction of sp³-hybridized carbons (Fsp3) is 0. The van der Waals surface area contributed by atoms with Gasteiger partial charge in [0.25, 0.3) is 5.91 Å². The van der Waals surface area contributed by atoms with Crippen LogP contribution in [0, 0.1) is 5.82 Å². The first-order valence-corrected chi connectivity index (χ1v) is 5.63. The van der Waals surface area contributed by atoms with Crippen LogP contribution < -0.4 is 5.32 Å². The van der Waals surface area contributed by atoms with Crippen molar-refractivity contribution in [1.82, 2.24) is 0 Å². The van der Waals surface area contributed by atoms with Crippen molar-refractivity contribution < 1.29 is 19.4 Å². The maximum absolute atomic E-state index is 13.5. The summed E-state index contributed by atoms with van der Waals surface area (Å²) < 4.78 is 13.5. The number of halogens is 2. The quantitative estimate of drug-likeness (QED) is 0.792. The summed E-state index contributed by atoms with van der Waals surface area (Å²) in [6.45, 7) is 0. The molecule has 4 nitrogen and oxygen atoms in total. The molecule has 0 aliphatic heterocycles. The van der Waals surface area contributed by atoms with Crippen molar-refractivity contribution in [1.29, 1.82) is 0 Å². The lowest BCUT2D eigenvalue weighted by atomic mass is 10.2. The molecule has 0 atom stereocenters. The van der Waals surface area contributed by atoms with Crippen molar-refractivity contribution in [3.05, 3.63) is 52.8 Å². The van der Waals surface area contributed by atoms with E-state index in [2.05, 4.69) is 5.32 Å². The molecule has 0 aliphatic rings. The van der Waals surface area contributed by atoms with E-state index in [-0.39, 0.29) is 27.8 Å². The van der Waals surface area contributed by atoms with Gasteiger partial charge in [-0.3, -0.25) is 4.79 Å². The molecule has 2 rings (SSSR count). The number of anilines is 1. The Hall–Kier alpha value is -2.27. The summed E-state index contributed by atoms with van der Waals surface area (Å²) in [4.78, 5) is 11.8. The predicted octanol–water partition coefficient (Wildman–Crippen LogP) is 3.14. The molecule has 0 bridgehead atoms. The molecule has 1 amide bonds. The van der Waals surface area contributed by atoms with E-state index in [9.17, 15) is 14.3 Å². The number of benzene rings is 2. The van der Waals surface area contributed by atoms with Gasteiger partial charge in [-0.15, -0.1) is 0 Å². The molecule has 19 heavy (non-hydrogen) atoms. The lowest BCUT2D eigenvalue weighted by molar-refractivity contribution is 0.102. The van der Waals surface area contributed by atoms with Gasteiger partial charge in [-0.05, 0) is 24.3 Å². The van der Waals surface area contributed by atoms with Gasteiger partial charge in [0.1, 0.15) is 17.3 Å². The van der Waals surface area contributed by atoms with Crippen LogP contribution in [0.15, 0.2) is 36.4 Å². The van der Waals surface area contributed by atoms with E-state index in [1.165, 1.54) is 24.3 Å². The number of aromatic hydroxyl groups is 2. The normalized spacial score (nSPS) is 10.2. The van der Waals surface area contributed by atoms with Crippen molar-refractivity contribution in [2.45, 2.75) is 0 Å². The first-order valence-electron chi connectivity index (χ1n) is 5.26. The number of carbonyl (C=O) groups is 1. The first-order chi connectivity index (χ1) is 8.97. The zero-order valence-electron chi connectivity index (χ0n) is 9.52. The standard InChI is InChI=1S/C13H9ClFNO3/c14-10-4-1-7(5-12(10)18)16-13(19)9-3-2-8(17)6-11(9)15/h1-6,17-18H,(H,16,19). The van der Waals surface area contributed by atoms with Crippen molar-refractivity contribution in [2.24, 2.45) is 0 Å². The minimum Gasteiger partial charge on any atom is -0.508 e. The molecule has 0 heterocycles. The van der Waals surface area contributed by atoms with Gasteiger partial charge in [0.2, 0.25) is 0 Å². The molecule has 0 unspecified atom stereocenters. The Kier molecular flexibility index (Phi) is 3.57. The van der Waals surface area contributed by atoms with Crippen LogP contribution in [0.4, 0.5) is 10.1 Å². The molecule has 3 N–H and O–H groups in total. The molecule has 0 spiro atoms. The number of carbonyl (C=O) groups excluding carboxylic acids is 1. The average molecular weight is 282 g/mol. The summed E-state index contributed by atoms with van der Waals surface area (Å²) in [5.74, 6) is -1.99. The summed E-state index contributed by atoms with van der Waals surface area (Å²) >= 11 is 5.63. The van der Waals surface area contributed by atoms with Gasteiger partial charge < -0.3 is 15.5 Å². The number of phenolic OH excluding ortho intramolecular Hbond substituents is 2. The Morgan fingerprint density at radius 1 is 1.16 bits per heavy atom. The molecule has 0 fully saturated rings. The fourth-order valence-corrected chi connectivity index (χ4v) is 1.59. The largest absolute Gasteiger partial charge is 0.508 e. The average Bonchev–Trinajstić information content (AvgIpc) is 2.33. The lowest BCUT2D eigenvalue weighted by Gasteiger charge is -2.07. The van der Waals surface area contributed by atoms with Crippen LogP contribution in [0.3, 0.4) is 0 Å². The van der Waals surface area contributed by atoms with Crippen LogP contribution >= 0.6 is 11.6 Å². The maximum atomic E-state index is 13.5. The SMILES string of the molecule is O=C(Nc1ccc(Cl)c(O)c1)c1ccc(O)cc1F. The van der Waals surface area contributed by atoms with Gasteiger partial charge in [-0.1, -0.05) is 11.6 Å². The van der Waals surface area contributed by atoms with Crippen molar-refractivity contribution in [2.75, 3.05) is 5.32 Å². The zero-order valence-corrected chi connectivity index (χ0v) is 10.3. The Morgan fingerprint density at radius 3 is 2.53 bits per heavy atom. The Balaban J connectivity index is 2.23. The summed E-state index contributed by atoms with van der Waals surface area (Å²) in [5.41, 5.74) is 0.0617. The van der Waals surface area contributed by atoms with E-state index in [0.29, 0.717) is 0 Å². The number of nitrogens with one attached hydrogen (secondary N) is 1. The minimum atomic E-state index is -0.837. The smallest absolute Gasteiger partial charge is 0.258 e. The van der Waals surface area contributed by atoms with Gasteiger partial charge in [0, 0.05) is 17.8 Å². The predicted molar refractivity (Wildman–Crippen MR) is 69.1 cm³/mol. The van der Waals surface area contributed by atoms with Crippen molar-refractivity contribution >= 4 is 23.2 Å². The van der Waals surface area contributed by atoms with Crippen molar-refractivity contribution in [3.63, 3.8) is 0 Å². The zero-order chi connectivity index (χ0) is 14.0. The molecular formula is C13H9ClFNO3. The third-order valence-corrected chi connectivity index (χ3v) is 2.72. The van der Waals surface area contributed by atoms with Gasteiger partial charge in [-0.25, -0.2) is 4.39 Å². The van der Waals surface area contributed by atoms with Crippen LogP contribution in [0.2, 0.25) is 5.02 Å². The molecule has 2 aromatic rings. The summed E-state index contributed by atoms with van der Waals surface area (Å²) in [5, 5.41) is 21.0. The first kappa shape index (κ1) is 13.2. The number of amides is 1. The van der Waals surface area contributed by atoms with E-state index in [0.717, 1.165) is 12.1 Å². The molecule has 0 saturated carbocycles. The minimum absolute atomic E-state index is 0.147. The highest BCUT2D eigenvalue weighted by molar-refractivity contribution is 6.32. The van der Waals surface area contributed by atoms with Gasteiger partial charge >= 0.3 is 0 Å². The molecule has 0 aromatic heterocycles.